The minimum atomic E-state index is 0.0817. The number of hydrogen-bond donors (Lipinski definition) is 1. The average Bonchev–Trinajstić information content (AvgIpc) is 3.18. The van der Waals surface area contributed by atoms with Gasteiger partial charge in [0, 0.05) is 52.6 Å². The largest absolute Gasteiger partial charge is 0.372 e. The summed E-state index contributed by atoms with van der Waals surface area (Å²) in [6.45, 7) is 2.59. The van der Waals surface area contributed by atoms with Crippen LogP contribution in [0.5, 0.6) is 0 Å². The van der Waals surface area contributed by atoms with Crippen LogP contribution in [-0.4, -0.2) is 30.4 Å². The van der Waals surface area contributed by atoms with E-state index in [4.69, 9.17) is 17.1 Å². The molecule has 0 radical (unpaired) electrons. The molecule has 3 aromatic rings. The molecule has 6 nitrogen and oxygen atoms in total. The molecule has 0 saturated carbocycles. The number of aryl methyl sites for hydroxylation is 1. The summed E-state index contributed by atoms with van der Waals surface area (Å²) in [5.74, 6) is 0.0817. The number of H-pyrrole nitrogens is 1. The summed E-state index contributed by atoms with van der Waals surface area (Å²) in [7, 11) is 0. The lowest BCUT2D eigenvalue weighted by atomic mass is 10.0. The van der Waals surface area contributed by atoms with Crippen LogP contribution in [0.1, 0.15) is 53.7 Å². The average molecular weight is 450 g/mol. The number of piperidine rings is 1. The molecule has 1 aliphatic heterocycles. The normalized spacial score (nSPS) is 13.8. The highest BCUT2D eigenvalue weighted by Crippen LogP contribution is 2.28. The Bertz CT molecular complexity index is 1130. The van der Waals surface area contributed by atoms with Gasteiger partial charge >= 0.3 is 0 Å². The van der Waals surface area contributed by atoms with Gasteiger partial charge in [-0.1, -0.05) is 28.8 Å². The third kappa shape index (κ3) is 5.26. The van der Waals surface area contributed by atoms with Gasteiger partial charge in [-0.25, -0.2) is 0 Å². The van der Waals surface area contributed by atoms with Crippen molar-refractivity contribution in [2.24, 2.45) is 5.11 Å². The minimum absolute atomic E-state index is 0.0817. The number of nitrogens with one attached hydrogen (secondary N) is 1. The van der Waals surface area contributed by atoms with E-state index < -0.39 is 0 Å². The first kappa shape index (κ1) is 22.3. The molecule has 1 aromatic heterocycles. The molecule has 0 unspecified atom stereocenters. The zero-order chi connectivity index (χ0) is 22.3. The van der Waals surface area contributed by atoms with E-state index >= 15 is 0 Å². The Morgan fingerprint density at radius 1 is 1.09 bits per heavy atom. The number of benzene rings is 2. The molecule has 2 heterocycles. The van der Waals surface area contributed by atoms with E-state index in [-0.39, 0.29) is 5.78 Å². The van der Waals surface area contributed by atoms with Crippen molar-refractivity contribution in [2.45, 2.75) is 44.9 Å². The smallest absolute Gasteiger partial charge is 0.179 e. The van der Waals surface area contributed by atoms with E-state index in [0.717, 1.165) is 42.4 Å². The van der Waals surface area contributed by atoms with Gasteiger partial charge in [0.25, 0.3) is 0 Å². The van der Waals surface area contributed by atoms with E-state index in [0.29, 0.717) is 30.1 Å². The monoisotopic (exact) mass is 449 g/mol. The number of aromatic nitrogens is 1. The first-order chi connectivity index (χ1) is 15.7. The Hall–Kier alpha value is -2.95. The fraction of sp³-hybridized carbons (Fsp3) is 0.400. The summed E-state index contributed by atoms with van der Waals surface area (Å²) in [6, 6.07) is 14.3. The van der Waals surface area contributed by atoms with Crippen molar-refractivity contribution in [3.05, 3.63) is 74.8 Å². The first-order valence-electron chi connectivity index (χ1n) is 11.3. The van der Waals surface area contributed by atoms with Crippen molar-refractivity contribution in [3.63, 3.8) is 0 Å². The van der Waals surface area contributed by atoms with E-state index in [1.165, 1.54) is 30.5 Å². The number of aromatic amines is 1. The summed E-state index contributed by atoms with van der Waals surface area (Å²) in [5.41, 5.74) is 13.5. The molecule has 2 aromatic carbocycles. The van der Waals surface area contributed by atoms with Gasteiger partial charge in [-0.05, 0) is 85.5 Å². The standard InChI is InChI=1S/C25H28ClN5O/c26-19-9-12-23-22(17-19)21(13-14-28-30-27)25(29-23)24(32)6-4-5-18-7-10-20(11-8-18)31-15-2-1-3-16-31/h7-12,17,29H,1-6,13-16H2. The second kappa shape index (κ2) is 10.6. The SMILES string of the molecule is [N-]=[N+]=NCCc1c(C(=O)CCCc2ccc(N3CCCCC3)cc2)[nH]c2ccc(Cl)cc12. The lowest BCUT2D eigenvalue weighted by Gasteiger charge is -2.28. The molecule has 1 saturated heterocycles. The van der Waals surface area contributed by atoms with Crippen LogP contribution in [-0.2, 0) is 12.8 Å². The van der Waals surface area contributed by atoms with Crippen molar-refractivity contribution < 1.29 is 4.79 Å². The molecule has 166 valence electrons. The van der Waals surface area contributed by atoms with Crippen molar-refractivity contribution in [1.29, 1.82) is 0 Å². The van der Waals surface area contributed by atoms with Crippen LogP contribution in [0, 0.1) is 0 Å². The lowest BCUT2D eigenvalue weighted by Crippen LogP contribution is -2.29. The molecule has 32 heavy (non-hydrogen) atoms. The number of fused-ring (bicyclic) bond motifs is 1. The second-order valence-electron chi connectivity index (χ2n) is 8.36. The van der Waals surface area contributed by atoms with Gasteiger partial charge in [0.1, 0.15) is 0 Å². The quantitative estimate of drug-likeness (QED) is 0.167. The zero-order valence-corrected chi connectivity index (χ0v) is 18.9. The van der Waals surface area contributed by atoms with Crippen LogP contribution in [0.3, 0.4) is 0 Å². The predicted octanol–water partition coefficient (Wildman–Crippen LogP) is 6.87. The third-order valence-corrected chi connectivity index (χ3v) is 6.43. The zero-order valence-electron chi connectivity index (χ0n) is 18.2. The van der Waals surface area contributed by atoms with E-state index in [1.807, 2.05) is 12.1 Å². The maximum Gasteiger partial charge on any atom is 0.179 e. The number of anilines is 1. The van der Waals surface area contributed by atoms with Gasteiger partial charge in [-0.15, -0.1) is 0 Å². The van der Waals surface area contributed by atoms with Crippen LogP contribution < -0.4 is 4.90 Å². The number of carbonyl (C=O) groups is 1. The number of ketones is 1. The molecular weight excluding hydrogens is 422 g/mol. The molecule has 0 amide bonds. The fourth-order valence-electron chi connectivity index (χ4n) is 4.53. The van der Waals surface area contributed by atoms with Crippen molar-refractivity contribution in [1.82, 2.24) is 4.98 Å². The molecule has 0 atom stereocenters. The number of carbonyl (C=O) groups excluding carboxylic acids is 1. The number of azide groups is 1. The van der Waals surface area contributed by atoms with Crippen LogP contribution in [0.15, 0.2) is 47.6 Å². The minimum Gasteiger partial charge on any atom is -0.372 e. The van der Waals surface area contributed by atoms with Crippen LogP contribution in [0.2, 0.25) is 5.02 Å². The first-order valence-corrected chi connectivity index (χ1v) is 11.7. The Labute approximate surface area is 193 Å². The fourth-order valence-corrected chi connectivity index (χ4v) is 4.70. The molecular formula is C25H28ClN5O. The van der Waals surface area contributed by atoms with Crippen molar-refractivity contribution in [2.75, 3.05) is 24.5 Å². The number of hydrogen-bond acceptors (Lipinski definition) is 3. The highest BCUT2D eigenvalue weighted by Gasteiger charge is 2.18. The molecule has 1 aliphatic rings. The molecule has 1 N–H and O–H groups in total. The van der Waals surface area contributed by atoms with Crippen LogP contribution >= 0.6 is 11.6 Å². The lowest BCUT2D eigenvalue weighted by molar-refractivity contribution is 0.0975. The van der Waals surface area contributed by atoms with Gasteiger partial charge < -0.3 is 9.88 Å². The Balaban J connectivity index is 1.40. The number of Topliss-reactive ketones (excluding diaryl/α,β-unsaturated/α-hetero) is 1. The maximum absolute atomic E-state index is 13.0. The number of rotatable bonds is 9. The van der Waals surface area contributed by atoms with Gasteiger partial charge in [0.2, 0.25) is 0 Å². The Kier molecular flexibility index (Phi) is 7.35. The van der Waals surface area contributed by atoms with Gasteiger partial charge in [0.05, 0.1) is 5.69 Å². The topological polar surface area (TPSA) is 84.9 Å². The van der Waals surface area contributed by atoms with Crippen molar-refractivity contribution in [3.8, 4) is 0 Å². The highest BCUT2D eigenvalue weighted by atomic mass is 35.5. The molecule has 0 bridgehead atoms. The van der Waals surface area contributed by atoms with Crippen LogP contribution in [0.4, 0.5) is 5.69 Å². The van der Waals surface area contributed by atoms with Gasteiger partial charge in [-0.3, -0.25) is 4.79 Å². The predicted molar refractivity (Wildman–Crippen MR) is 131 cm³/mol. The van der Waals surface area contributed by atoms with Crippen molar-refractivity contribution >= 4 is 34.0 Å². The summed E-state index contributed by atoms with van der Waals surface area (Å²) in [5, 5.41) is 5.18. The summed E-state index contributed by atoms with van der Waals surface area (Å²) in [6.07, 6.45) is 6.49. The molecule has 7 heteroatoms. The van der Waals surface area contributed by atoms with E-state index in [1.54, 1.807) is 6.07 Å². The van der Waals surface area contributed by atoms with E-state index in [2.05, 4.69) is 44.2 Å². The number of halogens is 1. The third-order valence-electron chi connectivity index (χ3n) is 6.20. The highest BCUT2D eigenvalue weighted by molar-refractivity contribution is 6.31. The second-order valence-corrected chi connectivity index (χ2v) is 8.80. The summed E-state index contributed by atoms with van der Waals surface area (Å²) in [4.78, 5) is 21.6. The van der Waals surface area contributed by atoms with Gasteiger partial charge in [-0.2, -0.15) is 0 Å². The molecule has 4 rings (SSSR count). The molecule has 0 spiro atoms. The van der Waals surface area contributed by atoms with Crippen LogP contribution in [0.25, 0.3) is 21.3 Å². The van der Waals surface area contributed by atoms with E-state index in [9.17, 15) is 4.79 Å². The Morgan fingerprint density at radius 2 is 1.88 bits per heavy atom. The Morgan fingerprint density at radius 3 is 2.62 bits per heavy atom. The molecule has 1 fully saturated rings. The molecule has 0 aliphatic carbocycles. The van der Waals surface area contributed by atoms with Gasteiger partial charge in [0.15, 0.2) is 5.78 Å². The maximum atomic E-state index is 13.0. The summed E-state index contributed by atoms with van der Waals surface area (Å²) >= 11 is 6.17. The summed E-state index contributed by atoms with van der Waals surface area (Å²) < 4.78 is 0. The number of nitrogens with zero attached hydrogens (tertiary/aromatic N) is 4.